The highest BCUT2D eigenvalue weighted by Crippen LogP contribution is 2.27. The van der Waals surface area contributed by atoms with Crippen LogP contribution in [0, 0.1) is 5.82 Å². The molecule has 1 saturated heterocycles. The lowest BCUT2D eigenvalue weighted by Crippen LogP contribution is -2.39. The second kappa shape index (κ2) is 6.43. The number of nitrogens with zero attached hydrogens (tertiary/aromatic N) is 1. The van der Waals surface area contributed by atoms with Crippen LogP contribution in [0.2, 0.25) is 0 Å². The number of thioether (sulfide) groups is 1. The van der Waals surface area contributed by atoms with Gasteiger partial charge >= 0.3 is 5.97 Å². The number of carboxylic acids is 1. The minimum atomic E-state index is -2.34. The van der Waals surface area contributed by atoms with Crippen LogP contribution >= 0.6 is 11.8 Å². The molecule has 1 amide bonds. The Balaban J connectivity index is 1.81. The zero-order valence-electron chi connectivity index (χ0n) is 11.2. The molecule has 0 radical (unpaired) electrons. The molecule has 0 bridgehead atoms. The number of alkyl halides is 1. The molecule has 0 aromatic heterocycles. The molecule has 1 atom stereocenters. The topological polar surface area (TPSA) is 57.6 Å². The highest BCUT2D eigenvalue weighted by molar-refractivity contribution is 7.99. The summed E-state index contributed by atoms with van der Waals surface area (Å²) < 4.78 is 27.2. The van der Waals surface area contributed by atoms with Crippen molar-refractivity contribution in [2.45, 2.75) is 23.4 Å². The van der Waals surface area contributed by atoms with E-state index in [2.05, 4.69) is 0 Å². The van der Waals surface area contributed by atoms with Crippen molar-refractivity contribution in [1.29, 1.82) is 0 Å². The molecule has 1 heterocycles. The monoisotopic (exact) mass is 315 g/mol. The molecule has 21 heavy (non-hydrogen) atoms. The fourth-order valence-corrected chi connectivity index (χ4v) is 3.01. The molecule has 1 aromatic rings. The van der Waals surface area contributed by atoms with Gasteiger partial charge in [-0.1, -0.05) is 12.1 Å². The minimum absolute atomic E-state index is 0.103. The number of rotatable bonds is 5. The summed E-state index contributed by atoms with van der Waals surface area (Å²) in [6, 6.07) is 6.26. The summed E-state index contributed by atoms with van der Waals surface area (Å²) in [5.41, 5.74) is -2.34. The van der Waals surface area contributed by atoms with Crippen molar-refractivity contribution in [2.24, 2.45) is 0 Å². The quantitative estimate of drug-likeness (QED) is 0.847. The molecule has 0 aliphatic carbocycles. The Morgan fingerprint density at radius 2 is 2.10 bits per heavy atom. The lowest BCUT2D eigenvalue weighted by molar-refractivity contribution is -0.150. The van der Waals surface area contributed by atoms with Crippen LogP contribution in [-0.2, 0) is 9.59 Å². The Bertz CT molecular complexity index is 555. The third kappa shape index (κ3) is 3.72. The van der Waals surface area contributed by atoms with Gasteiger partial charge < -0.3 is 10.0 Å². The van der Waals surface area contributed by atoms with Crippen LogP contribution in [0.1, 0.15) is 12.8 Å². The van der Waals surface area contributed by atoms with Gasteiger partial charge in [-0.15, -0.1) is 11.8 Å². The predicted molar refractivity (Wildman–Crippen MR) is 74.4 cm³/mol. The highest BCUT2D eigenvalue weighted by Gasteiger charge is 2.46. The van der Waals surface area contributed by atoms with Crippen LogP contribution in [0.25, 0.3) is 0 Å². The van der Waals surface area contributed by atoms with Crippen molar-refractivity contribution in [3.05, 3.63) is 30.1 Å². The average Bonchev–Trinajstić information content (AvgIpc) is 2.85. The van der Waals surface area contributed by atoms with Gasteiger partial charge in [-0.2, -0.15) is 0 Å². The summed E-state index contributed by atoms with van der Waals surface area (Å²) in [7, 11) is 0. The second-order valence-electron chi connectivity index (χ2n) is 4.86. The number of likely N-dealkylation sites (tertiary alicyclic amines) is 1. The Hall–Kier alpha value is -1.63. The molecular formula is C14H15F2NO3S. The summed E-state index contributed by atoms with van der Waals surface area (Å²) in [4.78, 5) is 24.3. The molecule has 1 aliphatic rings. The second-order valence-corrected chi connectivity index (χ2v) is 6.00. The number of aliphatic carboxylic acids is 1. The number of amides is 1. The first-order valence-corrected chi connectivity index (χ1v) is 7.48. The van der Waals surface area contributed by atoms with Crippen LogP contribution in [0.3, 0.4) is 0 Å². The van der Waals surface area contributed by atoms with E-state index in [0.29, 0.717) is 10.6 Å². The summed E-state index contributed by atoms with van der Waals surface area (Å²) >= 11 is 1.21. The summed E-state index contributed by atoms with van der Waals surface area (Å²) in [5.74, 6) is -1.81. The van der Waals surface area contributed by atoms with Crippen LogP contribution in [0.4, 0.5) is 8.78 Å². The van der Waals surface area contributed by atoms with E-state index in [4.69, 9.17) is 5.11 Å². The average molecular weight is 315 g/mol. The molecule has 1 unspecified atom stereocenters. The first-order valence-electron chi connectivity index (χ1n) is 6.50. The Kier molecular flexibility index (Phi) is 4.82. The summed E-state index contributed by atoms with van der Waals surface area (Å²) in [6.07, 6.45) is -0.0662. The number of hydrogen-bond acceptors (Lipinski definition) is 3. The maximum Gasteiger partial charge on any atom is 0.343 e. The minimum Gasteiger partial charge on any atom is -0.479 e. The SMILES string of the molecule is O=C(CCSc1ccccc1F)N1CCC(F)(C(=O)O)C1. The van der Waals surface area contributed by atoms with E-state index < -0.39 is 18.2 Å². The zero-order chi connectivity index (χ0) is 15.5. The fourth-order valence-electron chi connectivity index (χ4n) is 2.13. The smallest absolute Gasteiger partial charge is 0.343 e. The Labute approximate surface area is 125 Å². The van der Waals surface area contributed by atoms with Gasteiger partial charge in [-0.25, -0.2) is 13.6 Å². The van der Waals surface area contributed by atoms with Gasteiger partial charge in [-0.3, -0.25) is 4.79 Å². The van der Waals surface area contributed by atoms with E-state index in [1.165, 1.54) is 22.7 Å². The van der Waals surface area contributed by atoms with Crippen molar-refractivity contribution in [3.63, 3.8) is 0 Å². The van der Waals surface area contributed by atoms with Crippen molar-refractivity contribution < 1.29 is 23.5 Å². The van der Waals surface area contributed by atoms with E-state index >= 15 is 0 Å². The molecule has 114 valence electrons. The first-order chi connectivity index (χ1) is 9.92. The van der Waals surface area contributed by atoms with Crippen molar-refractivity contribution >= 4 is 23.6 Å². The van der Waals surface area contributed by atoms with Gasteiger partial charge in [0.25, 0.3) is 0 Å². The molecule has 2 rings (SSSR count). The van der Waals surface area contributed by atoms with Gasteiger partial charge in [0.15, 0.2) is 0 Å². The number of carboxylic acid groups (broad SMARTS) is 1. The number of halogens is 2. The standard InChI is InChI=1S/C14H15F2NO3S/c15-10-3-1-2-4-11(10)21-8-5-12(18)17-7-6-14(16,9-17)13(19)20/h1-4H,5-9H2,(H,19,20). The molecule has 1 fully saturated rings. The molecule has 7 heteroatoms. The third-order valence-corrected chi connectivity index (χ3v) is 4.42. The summed E-state index contributed by atoms with van der Waals surface area (Å²) in [5, 5.41) is 8.77. The lowest BCUT2D eigenvalue weighted by Gasteiger charge is -2.17. The number of carbonyl (C=O) groups excluding carboxylic acids is 1. The van der Waals surface area contributed by atoms with Crippen molar-refractivity contribution in [3.8, 4) is 0 Å². The maximum atomic E-state index is 13.8. The number of carbonyl (C=O) groups is 2. The highest BCUT2D eigenvalue weighted by atomic mass is 32.2. The summed E-state index contributed by atoms with van der Waals surface area (Å²) in [6.45, 7) is -0.308. The zero-order valence-corrected chi connectivity index (χ0v) is 12.0. The van der Waals surface area contributed by atoms with Crippen LogP contribution in [-0.4, -0.2) is 46.4 Å². The molecular weight excluding hydrogens is 300 g/mol. The maximum absolute atomic E-state index is 13.8. The molecule has 1 aromatic carbocycles. The molecule has 0 saturated carbocycles. The lowest BCUT2D eigenvalue weighted by atomic mass is 10.1. The van der Waals surface area contributed by atoms with Crippen molar-refractivity contribution in [1.82, 2.24) is 4.90 Å². The van der Waals surface area contributed by atoms with E-state index in [9.17, 15) is 18.4 Å². The molecule has 1 aliphatic heterocycles. The number of benzene rings is 1. The van der Waals surface area contributed by atoms with E-state index in [0.717, 1.165) is 0 Å². The largest absolute Gasteiger partial charge is 0.479 e. The fraction of sp³-hybridized carbons (Fsp3) is 0.429. The molecule has 0 spiro atoms. The van der Waals surface area contributed by atoms with Gasteiger partial charge in [0.1, 0.15) is 5.82 Å². The first kappa shape index (κ1) is 15.8. The number of hydrogen-bond donors (Lipinski definition) is 1. The van der Waals surface area contributed by atoms with E-state index in [1.807, 2.05) is 0 Å². The third-order valence-electron chi connectivity index (χ3n) is 3.37. The van der Waals surface area contributed by atoms with Gasteiger partial charge in [0, 0.05) is 30.0 Å². The van der Waals surface area contributed by atoms with Crippen molar-refractivity contribution in [2.75, 3.05) is 18.8 Å². The van der Waals surface area contributed by atoms with Gasteiger partial charge in [0.05, 0.1) is 6.54 Å². The van der Waals surface area contributed by atoms with E-state index in [1.54, 1.807) is 18.2 Å². The molecule has 1 N–H and O–H groups in total. The Morgan fingerprint density at radius 3 is 2.71 bits per heavy atom. The van der Waals surface area contributed by atoms with Gasteiger partial charge in [0.2, 0.25) is 11.6 Å². The van der Waals surface area contributed by atoms with Crippen LogP contribution in [0.15, 0.2) is 29.2 Å². The normalized spacial score (nSPS) is 21.5. The van der Waals surface area contributed by atoms with Crippen LogP contribution < -0.4 is 0 Å². The predicted octanol–water partition coefficient (Wildman–Crippen LogP) is 2.33. The van der Waals surface area contributed by atoms with Gasteiger partial charge in [-0.05, 0) is 12.1 Å². The van der Waals surface area contributed by atoms with Crippen LogP contribution in [0.5, 0.6) is 0 Å². The van der Waals surface area contributed by atoms with E-state index in [-0.39, 0.29) is 31.1 Å². The molecule has 4 nitrogen and oxygen atoms in total. The Morgan fingerprint density at radius 1 is 1.38 bits per heavy atom.